The smallest absolute Gasteiger partial charge is 0.161 e. The number of rotatable bonds is 8. The van der Waals surface area contributed by atoms with Crippen LogP contribution in [0.4, 0.5) is 32.8 Å². The Kier molecular flexibility index (Phi) is 7.78. The van der Waals surface area contributed by atoms with Crippen LogP contribution in [-0.2, 0) is 0 Å². The molecule has 0 spiro atoms. The Morgan fingerprint density at radius 3 is 1.54 bits per heavy atom. The van der Waals surface area contributed by atoms with Gasteiger partial charge in [0.15, 0.2) is 5.58 Å². The Balaban J connectivity index is 0.966. The second kappa shape index (κ2) is 13.7. The Hall–Kier alpha value is -7.16. The molecule has 7 heteroatoms. The second-order valence-electron chi connectivity index (χ2n) is 15.3. The molecule has 0 saturated carbocycles. The monoisotopic (exact) mass is 835 g/mol. The van der Waals surface area contributed by atoms with Crippen LogP contribution in [0.1, 0.15) is 0 Å². The Morgan fingerprint density at radius 1 is 0.393 bits per heavy atom. The number of hydrogen-bond acceptors (Lipinski definition) is 6. The minimum atomic E-state index is 0.875. The Labute approximate surface area is 363 Å². The quantitative estimate of drug-likeness (QED) is 0.152. The molecule has 0 fully saturated rings. The molecular weight excluding hydrogens is 803 g/mol. The predicted octanol–water partition coefficient (Wildman–Crippen LogP) is 17.2. The van der Waals surface area contributed by atoms with E-state index in [0.29, 0.717) is 0 Å². The molecule has 0 amide bonds. The van der Waals surface area contributed by atoms with Crippen molar-refractivity contribution in [2.75, 3.05) is 9.80 Å². The molecule has 0 bridgehead atoms. The summed E-state index contributed by atoms with van der Waals surface area (Å²) in [5.74, 6) is 0. The summed E-state index contributed by atoms with van der Waals surface area (Å²) in [5.41, 5.74) is 11.1. The van der Waals surface area contributed by atoms with Crippen LogP contribution < -0.4 is 9.80 Å². The van der Waals surface area contributed by atoms with Gasteiger partial charge in [-0.15, -0.1) is 34.0 Å². The molecule has 0 saturated heterocycles. The van der Waals surface area contributed by atoms with E-state index in [0.717, 1.165) is 55.2 Å². The summed E-state index contributed by atoms with van der Waals surface area (Å²) in [4.78, 5) is 8.46. The Bertz CT molecular complexity index is 3710. The molecule has 0 radical (unpaired) electrons. The molecule has 0 unspecified atom stereocenters. The highest BCUT2D eigenvalue weighted by atomic mass is 32.1. The molecule has 0 aliphatic heterocycles. The van der Waals surface area contributed by atoms with Gasteiger partial charge in [0.25, 0.3) is 0 Å². The molecule has 7 aromatic carbocycles. The second-order valence-corrected chi connectivity index (χ2v) is 18.5. The lowest BCUT2D eigenvalue weighted by Gasteiger charge is -2.23. The number of thiophene rings is 3. The maximum atomic E-state index is 6.94. The van der Waals surface area contributed by atoms with Crippen molar-refractivity contribution in [1.82, 2.24) is 4.40 Å². The van der Waals surface area contributed by atoms with Crippen LogP contribution in [0.3, 0.4) is 0 Å². The number of para-hydroxylation sites is 3. The minimum absolute atomic E-state index is 0.875. The molecule has 0 aliphatic carbocycles. The van der Waals surface area contributed by atoms with Gasteiger partial charge in [-0.05, 0) is 90.0 Å². The van der Waals surface area contributed by atoms with E-state index >= 15 is 0 Å². The van der Waals surface area contributed by atoms with E-state index < -0.39 is 0 Å². The standard InChI is InChI=1S/C54H33N3OS3/c1-5-14-34(15-6-1)45-28-30-48(59-45)55(36-18-9-3-10-19-36)38-24-26-40-44(32-38)58-53-43-23-13-22-42-50-41-27-25-39(33-47(41)61-54(50)57(51(42)43)52(40)53)56(37-20-11-4-12-21-37)49-31-29-46(60-49)35-16-7-2-8-17-35/h1-33H. The third-order valence-electron chi connectivity index (χ3n) is 11.8. The van der Waals surface area contributed by atoms with E-state index in [9.17, 15) is 0 Å². The molecule has 6 aromatic heterocycles. The summed E-state index contributed by atoms with van der Waals surface area (Å²) in [6.45, 7) is 0. The fraction of sp³-hybridized carbons (Fsp3) is 0. The SMILES string of the molecule is c1ccc(-c2ccc(N(c3ccccc3)c3ccc4c(c3)oc3c5cccc6c7c8ccc(N(c9ccccc9)c9ccc(-c%10ccccc%10)s9)cc8sc7n(c56)c43)s2)cc1. The molecule has 13 rings (SSSR count). The highest BCUT2D eigenvalue weighted by Crippen LogP contribution is 2.50. The van der Waals surface area contributed by atoms with Crippen molar-refractivity contribution in [1.29, 1.82) is 0 Å². The van der Waals surface area contributed by atoms with Crippen LogP contribution >= 0.6 is 34.0 Å². The van der Waals surface area contributed by atoms with Crippen molar-refractivity contribution in [3.8, 4) is 20.9 Å². The zero-order valence-corrected chi connectivity index (χ0v) is 35.0. The highest BCUT2D eigenvalue weighted by Gasteiger charge is 2.26. The van der Waals surface area contributed by atoms with Crippen molar-refractivity contribution in [2.45, 2.75) is 0 Å². The lowest BCUT2D eigenvalue weighted by Crippen LogP contribution is -2.07. The molecule has 0 N–H and O–H groups in total. The first-order valence-electron chi connectivity index (χ1n) is 20.3. The van der Waals surface area contributed by atoms with Gasteiger partial charge < -0.3 is 14.2 Å². The van der Waals surface area contributed by atoms with Gasteiger partial charge in [0.1, 0.15) is 25.9 Å². The van der Waals surface area contributed by atoms with E-state index in [-0.39, 0.29) is 0 Å². The summed E-state index contributed by atoms with van der Waals surface area (Å²) in [6, 6.07) is 71.9. The van der Waals surface area contributed by atoms with E-state index in [4.69, 9.17) is 4.42 Å². The Morgan fingerprint density at radius 2 is 0.934 bits per heavy atom. The van der Waals surface area contributed by atoms with Crippen LogP contribution in [-0.4, -0.2) is 4.40 Å². The molecule has 0 aliphatic rings. The summed E-state index contributed by atoms with van der Waals surface area (Å²) in [6.07, 6.45) is 0. The minimum Gasteiger partial charge on any atom is -0.454 e. The third kappa shape index (κ3) is 5.41. The molecular formula is C54H33N3OS3. The number of anilines is 6. The van der Waals surface area contributed by atoms with Crippen molar-refractivity contribution < 1.29 is 4.42 Å². The normalized spacial score (nSPS) is 11.9. The number of nitrogens with zero attached hydrogens (tertiary/aromatic N) is 3. The van der Waals surface area contributed by atoms with Crippen molar-refractivity contribution >= 4 is 125 Å². The van der Waals surface area contributed by atoms with Crippen LogP contribution in [0.2, 0.25) is 0 Å². The van der Waals surface area contributed by atoms with Gasteiger partial charge in [-0.25, -0.2) is 0 Å². The van der Waals surface area contributed by atoms with Gasteiger partial charge >= 0.3 is 0 Å². The van der Waals surface area contributed by atoms with Crippen LogP contribution in [0.15, 0.2) is 205 Å². The first-order valence-corrected chi connectivity index (χ1v) is 22.8. The summed E-state index contributed by atoms with van der Waals surface area (Å²) >= 11 is 5.48. The van der Waals surface area contributed by atoms with Crippen LogP contribution in [0.25, 0.3) is 79.5 Å². The maximum absolute atomic E-state index is 6.94. The maximum Gasteiger partial charge on any atom is 0.161 e. The van der Waals surface area contributed by atoms with Crippen molar-refractivity contribution in [3.05, 3.63) is 200 Å². The summed E-state index contributed by atoms with van der Waals surface area (Å²) < 4.78 is 10.7. The largest absolute Gasteiger partial charge is 0.454 e. The average Bonchev–Trinajstić information content (AvgIpc) is 4.18. The molecule has 61 heavy (non-hydrogen) atoms. The van der Waals surface area contributed by atoms with E-state index in [1.807, 2.05) is 22.7 Å². The van der Waals surface area contributed by atoms with E-state index in [1.54, 1.807) is 11.3 Å². The topological polar surface area (TPSA) is 24.0 Å². The van der Waals surface area contributed by atoms with Gasteiger partial charge in [0.2, 0.25) is 0 Å². The number of aromatic nitrogens is 1. The van der Waals surface area contributed by atoms with E-state index in [1.165, 1.54) is 57.1 Å². The third-order valence-corrected chi connectivity index (χ3v) is 15.2. The average molecular weight is 836 g/mol. The van der Waals surface area contributed by atoms with Crippen molar-refractivity contribution in [2.24, 2.45) is 0 Å². The number of fused-ring (bicyclic) bond motifs is 10. The fourth-order valence-corrected chi connectivity index (χ4v) is 12.5. The molecule has 6 heterocycles. The zero-order valence-electron chi connectivity index (χ0n) is 32.5. The van der Waals surface area contributed by atoms with Crippen LogP contribution in [0, 0.1) is 0 Å². The van der Waals surface area contributed by atoms with Gasteiger partial charge in [0, 0.05) is 64.5 Å². The number of hydrogen-bond donors (Lipinski definition) is 0. The zero-order chi connectivity index (χ0) is 40.0. The van der Waals surface area contributed by atoms with Crippen LogP contribution in [0.5, 0.6) is 0 Å². The van der Waals surface area contributed by atoms with Gasteiger partial charge in [-0.2, -0.15) is 0 Å². The first kappa shape index (κ1) is 34.7. The fourth-order valence-electron chi connectivity index (χ4n) is 9.10. The molecule has 4 nitrogen and oxygen atoms in total. The van der Waals surface area contributed by atoms with Gasteiger partial charge in [-0.1, -0.05) is 115 Å². The summed E-state index contributed by atoms with van der Waals surface area (Å²) in [7, 11) is 0. The van der Waals surface area contributed by atoms with Gasteiger partial charge in [0.05, 0.1) is 11.2 Å². The first-order chi connectivity index (χ1) is 30.2. The molecule has 288 valence electrons. The molecule has 13 aromatic rings. The number of benzene rings is 7. The molecule has 0 atom stereocenters. The summed E-state index contributed by atoms with van der Waals surface area (Å²) in [5, 5.41) is 8.42. The van der Waals surface area contributed by atoms with E-state index in [2.05, 4.69) is 214 Å². The highest BCUT2D eigenvalue weighted by molar-refractivity contribution is 7.26. The van der Waals surface area contributed by atoms with Gasteiger partial charge in [-0.3, -0.25) is 4.40 Å². The lowest BCUT2D eigenvalue weighted by molar-refractivity contribution is 0.673. The predicted molar refractivity (Wildman–Crippen MR) is 262 cm³/mol. The number of furan rings is 1. The lowest BCUT2D eigenvalue weighted by atomic mass is 10.1. The van der Waals surface area contributed by atoms with Crippen molar-refractivity contribution in [3.63, 3.8) is 0 Å².